The molecule has 0 N–H and O–H groups in total. The fourth-order valence-electron chi connectivity index (χ4n) is 5.67. The van der Waals surface area contributed by atoms with E-state index in [9.17, 15) is 4.79 Å². The number of pyridine rings is 1. The average Bonchev–Trinajstić information content (AvgIpc) is 3.37. The minimum Gasteiger partial charge on any atom is -0.464 e. The number of nitrogens with zero attached hydrogens (tertiary/aromatic N) is 4. The van der Waals surface area contributed by atoms with Crippen LogP contribution < -0.4 is 4.90 Å². The number of hydrogen-bond acceptors (Lipinski definition) is 5. The van der Waals surface area contributed by atoms with Gasteiger partial charge in [0.1, 0.15) is 0 Å². The molecule has 2 aliphatic carbocycles. The summed E-state index contributed by atoms with van der Waals surface area (Å²) < 4.78 is 6.97. The first-order valence-corrected chi connectivity index (χ1v) is 11.5. The van der Waals surface area contributed by atoms with Gasteiger partial charge in [-0.2, -0.15) is 5.10 Å². The first-order valence-electron chi connectivity index (χ1n) is 11.5. The molecule has 6 heteroatoms. The van der Waals surface area contributed by atoms with Crippen LogP contribution in [0.25, 0.3) is 16.7 Å². The van der Waals surface area contributed by atoms with Gasteiger partial charge >= 0.3 is 5.97 Å². The van der Waals surface area contributed by atoms with E-state index in [0.29, 0.717) is 17.0 Å². The lowest BCUT2D eigenvalue weighted by atomic mass is 9.77. The molecule has 2 saturated carbocycles. The zero-order valence-electron chi connectivity index (χ0n) is 18.0. The van der Waals surface area contributed by atoms with E-state index < -0.39 is 5.97 Å². The highest BCUT2D eigenvalue weighted by atomic mass is 16.5. The van der Waals surface area contributed by atoms with E-state index in [1.807, 2.05) is 41.1 Å². The van der Waals surface area contributed by atoms with Crippen molar-refractivity contribution >= 4 is 22.7 Å². The Kier molecular flexibility index (Phi) is 4.30. The summed E-state index contributed by atoms with van der Waals surface area (Å²) in [4.78, 5) is 19.7. The van der Waals surface area contributed by atoms with Crippen LogP contribution in [0.1, 0.15) is 67.0 Å². The van der Waals surface area contributed by atoms with Crippen LogP contribution in [0.3, 0.4) is 0 Å². The lowest BCUT2D eigenvalue weighted by molar-refractivity contribution is 0.0594. The molecule has 1 saturated heterocycles. The number of rotatable bonds is 4. The normalized spacial score (nSPS) is 20.1. The molecule has 160 valence electrons. The van der Waals surface area contributed by atoms with Gasteiger partial charge in [0, 0.05) is 24.4 Å². The van der Waals surface area contributed by atoms with Crippen molar-refractivity contribution < 1.29 is 9.53 Å². The number of carbonyl (C=O) groups is 1. The maximum atomic E-state index is 12.5. The number of carbonyl (C=O) groups excluding carboxylic acids is 1. The van der Waals surface area contributed by atoms with Crippen molar-refractivity contribution in [1.29, 1.82) is 0 Å². The Balaban J connectivity index is 1.55. The van der Waals surface area contributed by atoms with E-state index in [0.717, 1.165) is 41.2 Å². The maximum absolute atomic E-state index is 12.5. The van der Waals surface area contributed by atoms with Crippen LogP contribution in [0, 0.1) is 5.41 Å². The Morgan fingerprint density at radius 1 is 1.10 bits per heavy atom. The van der Waals surface area contributed by atoms with Gasteiger partial charge in [0.2, 0.25) is 0 Å². The molecule has 3 aromatic rings. The monoisotopic (exact) mass is 416 g/mol. The topological polar surface area (TPSA) is 60.2 Å². The minimum absolute atomic E-state index is 0.356. The Labute approximate surface area is 182 Å². The summed E-state index contributed by atoms with van der Waals surface area (Å²) in [6.45, 7) is 2.13. The highest BCUT2D eigenvalue weighted by Gasteiger charge is 2.46. The highest BCUT2D eigenvalue weighted by molar-refractivity contribution is 5.99. The molecular weight excluding hydrogens is 388 g/mol. The summed E-state index contributed by atoms with van der Waals surface area (Å²) in [5.41, 5.74) is 4.79. The summed E-state index contributed by atoms with van der Waals surface area (Å²) in [5.74, 6) is 0.0731. The molecule has 0 bridgehead atoms. The van der Waals surface area contributed by atoms with Crippen molar-refractivity contribution in [3.8, 4) is 5.69 Å². The van der Waals surface area contributed by atoms with Crippen molar-refractivity contribution in [2.75, 3.05) is 25.1 Å². The number of esters is 1. The van der Waals surface area contributed by atoms with E-state index in [1.165, 1.54) is 52.1 Å². The van der Waals surface area contributed by atoms with Crippen LogP contribution in [-0.2, 0) is 4.74 Å². The number of fused-ring (bicyclic) bond motifs is 1. The van der Waals surface area contributed by atoms with Gasteiger partial charge in [0.15, 0.2) is 11.3 Å². The van der Waals surface area contributed by atoms with Crippen LogP contribution >= 0.6 is 0 Å². The number of benzene rings is 1. The second-order valence-electron chi connectivity index (χ2n) is 9.54. The Hall–Kier alpha value is -2.89. The van der Waals surface area contributed by atoms with Gasteiger partial charge in [-0.15, -0.1) is 0 Å². The molecule has 1 aliphatic heterocycles. The van der Waals surface area contributed by atoms with Crippen molar-refractivity contribution in [2.45, 2.75) is 50.9 Å². The van der Waals surface area contributed by atoms with Gasteiger partial charge < -0.3 is 9.64 Å². The maximum Gasteiger partial charge on any atom is 0.356 e. The van der Waals surface area contributed by atoms with Gasteiger partial charge in [-0.3, -0.25) is 0 Å². The van der Waals surface area contributed by atoms with Crippen LogP contribution in [0.4, 0.5) is 5.69 Å². The Morgan fingerprint density at radius 2 is 1.84 bits per heavy atom. The van der Waals surface area contributed by atoms with Gasteiger partial charge in [-0.25, -0.2) is 14.5 Å². The number of para-hydroxylation sites is 1. The summed E-state index contributed by atoms with van der Waals surface area (Å²) in [6, 6.07) is 12.0. The van der Waals surface area contributed by atoms with E-state index in [4.69, 9.17) is 14.8 Å². The lowest BCUT2D eigenvalue weighted by Crippen LogP contribution is -2.55. The second-order valence-corrected chi connectivity index (χ2v) is 9.54. The van der Waals surface area contributed by atoms with Crippen LogP contribution in [0.5, 0.6) is 0 Å². The van der Waals surface area contributed by atoms with Crippen molar-refractivity contribution in [1.82, 2.24) is 14.8 Å². The van der Waals surface area contributed by atoms with Gasteiger partial charge in [0.05, 0.1) is 29.6 Å². The largest absolute Gasteiger partial charge is 0.464 e. The third kappa shape index (κ3) is 2.95. The first-order chi connectivity index (χ1) is 15.2. The number of hydrogen-bond donors (Lipinski definition) is 0. The lowest BCUT2D eigenvalue weighted by Gasteiger charge is -2.50. The summed E-state index contributed by atoms with van der Waals surface area (Å²) in [6.07, 6.45) is 8.91. The van der Waals surface area contributed by atoms with Crippen LogP contribution in [0.15, 0.2) is 36.4 Å². The zero-order chi connectivity index (χ0) is 21.0. The van der Waals surface area contributed by atoms with Gasteiger partial charge in [-0.1, -0.05) is 37.5 Å². The predicted molar refractivity (Wildman–Crippen MR) is 120 cm³/mol. The molecule has 3 aliphatic rings. The molecule has 6 nitrogen and oxygen atoms in total. The third-order valence-electron chi connectivity index (χ3n) is 7.59. The predicted octanol–water partition coefficient (Wildman–Crippen LogP) is 4.86. The van der Waals surface area contributed by atoms with Crippen molar-refractivity contribution in [2.24, 2.45) is 5.41 Å². The second kappa shape index (κ2) is 7.08. The fourth-order valence-corrected chi connectivity index (χ4v) is 5.67. The van der Waals surface area contributed by atoms with Crippen molar-refractivity contribution in [3.63, 3.8) is 0 Å². The quantitative estimate of drug-likeness (QED) is 0.569. The van der Waals surface area contributed by atoms with Gasteiger partial charge in [-0.05, 0) is 43.9 Å². The zero-order valence-corrected chi connectivity index (χ0v) is 18.0. The number of methoxy groups -OCH3 is 1. The first kappa shape index (κ1) is 18.8. The molecule has 31 heavy (non-hydrogen) atoms. The van der Waals surface area contributed by atoms with E-state index in [2.05, 4.69) is 4.90 Å². The Bertz CT molecular complexity index is 1140. The molecule has 0 amide bonds. The van der Waals surface area contributed by atoms with Gasteiger partial charge in [0.25, 0.3) is 0 Å². The highest BCUT2D eigenvalue weighted by Crippen LogP contribution is 2.50. The molecule has 3 fully saturated rings. The van der Waals surface area contributed by atoms with Crippen molar-refractivity contribution in [3.05, 3.63) is 47.8 Å². The molecule has 1 aromatic carbocycles. The fraction of sp³-hybridized carbons (Fsp3) is 0.480. The standard InChI is InChI=1S/C25H28N4O2/c1-31-24(30)19-14-20(28-15-25(16-28)12-5-6-13-25)21-22(17-8-7-9-17)27-29(23(21)26-19)18-10-3-2-4-11-18/h2-4,10-11,14,17H,5-9,12-13,15-16H2,1H3. The Morgan fingerprint density at radius 3 is 2.48 bits per heavy atom. The average molecular weight is 417 g/mol. The molecule has 0 atom stereocenters. The number of ether oxygens (including phenoxy) is 1. The van der Waals surface area contributed by atoms with Crippen LogP contribution in [-0.4, -0.2) is 40.9 Å². The molecule has 1 spiro atoms. The molecule has 6 rings (SSSR count). The number of anilines is 1. The molecular formula is C25H28N4O2. The summed E-state index contributed by atoms with van der Waals surface area (Å²) in [7, 11) is 1.42. The van der Waals surface area contributed by atoms with E-state index in [1.54, 1.807) is 0 Å². The van der Waals surface area contributed by atoms with E-state index in [-0.39, 0.29) is 0 Å². The smallest absolute Gasteiger partial charge is 0.356 e. The minimum atomic E-state index is -0.398. The summed E-state index contributed by atoms with van der Waals surface area (Å²) in [5, 5.41) is 6.19. The number of aromatic nitrogens is 3. The third-order valence-corrected chi connectivity index (χ3v) is 7.59. The SMILES string of the molecule is COC(=O)c1cc(N2CC3(CCCC3)C2)c2c(C3CCC3)nn(-c3ccccc3)c2n1. The molecule has 3 heterocycles. The molecule has 0 unspecified atom stereocenters. The van der Waals surface area contributed by atoms with E-state index >= 15 is 0 Å². The molecule has 2 aromatic heterocycles. The summed E-state index contributed by atoms with van der Waals surface area (Å²) >= 11 is 0. The molecule has 0 radical (unpaired) electrons. The van der Waals surface area contributed by atoms with Crippen LogP contribution in [0.2, 0.25) is 0 Å².